The van der Waals surface area contributed by atoms with E-state index >= 15 is 0 Å². The van der Waals surface area contributed by atoms with E-state index in [9.17, 15) is 33.6 Å². The molecule has 22 rings (SSSR count). The summed E-state index contributed by atoms with van der Waals surface area (Å²) < 4.78 is 42.9. The van der Waals surface area contributed by atoms with Crippen molar-refractivity contribution in [3.05, 3.63) is 0 Å². The number of carbonyl (C=O) groups is 7. The molecule has 0 N–H and O–H groups in total. The zero-order chi connectivity index (χ0) is 100.0. The van der Waals surface area contributed by atoms with Gasteiger partial charge in [-0.3, -0.25) is 33.6 Å². The lowest BCUT2D eigenvalue weighted by Crippen LogP contribution is -2.49. The van der Waals surface area contributed by atoms with Gasteiger partial charge in [-0.15, -0.1) is 0 Å². The summed E-state index contributed by atoms with van der Waals surface area (Å²) in [6.07, 6.45) is 62.1. The van der Waals surface area contributed by atoms with Crippen LogP contribution in [0, 0.1) is 217 Å². The summed E-state index contributed by atoms with van der Waals surface area (Å²) >= 11 is 0. The Hall–Kier alpha value is -3.71. The molecule has 0 heterocycles. The minimum Gasteiger partial charge on any atom is -0.459 e. The Morgan fingerprint density at radius 3 is 0.885 bits per heavy atom. The second kappa shape index (κ2) is 42.7. The molecule has 14 nitrogen and oxygen atoms in total. The molecule has 22 aliphatic rings. The second-order valence-corrected chi connectivity index (χ2v) is 55.5. The van der Waals surface area contributed by atoms with Gasteiger partial charge in [-0.2, -0.15) is 0 Å². The first kappa shape index (κ1) is 108. The highest BCUT2D eigenvalue weighted by Gasteiger charge is 2.72. The molecule has 22 aliphatic carbocycles. The lowest BCUT2D eigenvalue weighted by atomic mass is 9.63. The average Bonchev–Trinajstić information content (AvgIpc) is 1.53. The maximum atomic E-state index is 12.7. The molecule has 16 bridgehead atoms. The third kappa shape index (κ3) is 20.3. The van der Waals surface area contributed by atoms with Crippen molar-refractivity contribution in [1.29, 1.82) is 0 Å². The van der Waals surface area contributed by atoms with Crippen molar-refractivity contribution >= 4 is 41.8 Å². The third-order valence-electron chi connectivity index (χ3n) is 47.9. The maximum absolute atomic E-state index is 12.7. The number of fused-ring (bicyclic) bond motifs is 39. The van der Waals surface area contributed by atoms with Gasteiger partial charge in [0.15, 0.2) is 0 Å². The summed E-state index contributed by atoms with van der Waals surface area (Å²) in [5, 5.41) is 0. The molecule has 41 unspecified atom stereocenters. The summed E-state index contributed by atoms with van der Waals surface area (Å²) in [6.45, 7) is 50.1. The summed E-state index contributed by atoms with van der Waals surface area (Å²) in [4.78, 5) is 86.7. The molecule has 0 radical (unpaired) electrons. The molecule has 22 saturated carbocycles. The van der Waals surface area contributed by atoms with Gasteiger partial charge in [0.1, 0.15) is 39.2 Å². The number of ether oxygens (including phenoxy) is 7. The fourth-order valence-electron chi connectivity index (χ4n) is 38.3. The van der Waals surface area contributed by atoms with Gasteiger partial charge < -0.3 is 33.2 Å². The zero-order valence-electron chi connectivity index (χ0n) is 93.2. The SMILES string of the molecule is CCC(C)(C)C(=O)OC1(C)CCCC2CCCCC21.CCC(C)(C)C(=O)OC1(CC)CC2CC1C1C3CCC(C3)C21.CCC(C)(C)C(=O)OC1(CC)CC2CC1C1CCCC21.CCC(C)C(=O)OC1(C)CC2CC1C1C3CCC(C3)C21.CCC(C)C(=O)OC1(C)CCCC2CCCCC21.CCC(C)C(=O)OC1(CC)CC2CC1C1C3CCC(C3)C21.CCC(C)C(=O)OC1(CC)CC2CC1C1CCCC21. The van der Waals surface area contributed by atoms with Crippen LogP contribution in [0.2, 0.25) is 0 Å². The van der Waals surface area contributed by atoms with Crippen LogP contribution in [0.4, 0.5) is 0 Å². The minimum absolute atomic E-state index is 0.00345. The number of rotatable bonds is 25. The topological polar surface area (TPSA) is 184 Å². The molecule has 0 amide bonds. The fourth-order valence-corrected chi connectivity index (χ4v) is 38.3. The predicted molar refractivity (Wildman–Crippen MR) is 555 cm³/mol. The molecule has 0 aromatic carbocycles. The standard InChI is InChI=1S/C20H32O2.C19H30O2.C18H28O2.C18H30O2.C17H28O2.C17H30O2.C16H28O2/c1-5-19(3,4)18(21)22-20(6-2)11-14-10-15(20)17-13-8-7-12(9-13)16(14)17;1-4-11(3)18(20)21-19(5-2)10-14-9-15(19)17-13-7-6-12(8-13)16(14)17;1-4-10(2)17(19)20-18(3)9-13-8-14(18)16-12-6-5-11(7-12)15(13)16;1-5-17(3,4)16(19)20-18(6-2)11-12-10-15(18)14-9-7-8-13(12)14;1-4-11(3)16(18)19-17(5-2)10-12-9-15(17)14-8-6-7-13(12)14;1-5-16(2,3)15(18)19-17(4)12-8-10-13-9-6-7-11-14(13)17;1-4-12(2)15(17)18-16(3)11-7-9-13-8-5-6-10-14(13)16/h12-17H,5-11H2,1-4H3;11-17H,4-10H2,1-3H3;10-16H,4-9H2,1-3H3;12-15H,5-11H2,1-4H3;11-15H,4-10H2,1-3H3;13-14H,5-12H2,1-4H3;12-14H,4-11H2,1-3H3. The van der Waals surface area contributed by atoms with Gasteiger partial charge >= 0.3 is 41.8 Å². The van der Waals surface area contributed by atoms with Gasteiger partial charge in [0.25, 0.3) is 0 Å². The number of hydrogen-bond donors (Lipinski definition) is 0. The number of esters is 7. The molecule has 14 heteroatoms. The summed E-state index contributed by atoms with van der Waals surface area (Å²) in [6, 6.07) is 0. The van der Waals surface area contributed by atoms with Crippen molar-refractivity contribution in [1.82, 2.24) is 0 Å². The fraction of sp³-hybridized carbons (Fsp3) is 0.944. The monoisotopic (exact) mass is 1930 g/mol. The van der Waals surface area contributed by atoms with E-state index in [-0.39, 0.29) is 121 Å². The normalized spacial score (nSPS) is 45.2. The van der Waals surface area contributed by atoms with E-state index < -0.39 is 0 Å². The van der Waals surface area contributed by atoms with Gasteiger partial charge in [-0.1, -0.05) is 155 Å². The summed E-state index contributed by atoms with van der Waals surface area (Å²) in [5.74, 6) is 26.1. The first-order valence-electron chi connectivity index (χ1n) is 60.7. The highest BCUT2D eigenvalue weighted by molar-refractivity contribution is 5.78. The van der Waals surface area contributed by atoms with Gasteiger partial charge in [0.2, 0.25) is 0 Å². The van der Waals surface area contributed by atoms with E-state index in [4.69, 9.17) is 33.2 Å². The Bertz CT molecular complexity index is 4210. The molecular weight excluding hydrogens is 1730 g/mol. The Morgan fingerprint density at radius 1 is 0.245 bits per heavy atom. The van der Waals surface area contributed by atoms with Crippen LogP contribution in [-0.2, 0) is 66.7 Å². The molecule has 0 aromatic rings. The highest BCUT2D eigenvalue weighted by Crippen LogP contribution is 2.75. The molecule has 790 valence electrons. The van der Waals surface area contributed by atoms with Crippen LogP contribution in [0.25, 0.3) is 0 Å². The number of hydrogen-bond acceptors (Lipinski definition) is 14. The van der Waals surface area contributed by atoms with Gasteiger partial charge in [0, 0.05) is 41.4 Å². The third-order valence-corrected chi connectivity index (χ3v) is 47.9. The summed E-state index contributed by atoms with van der Waals surface area (Å²) in [7, 11) is 0. The Morgan fingerprint density at radius 2 is 0.518 bits per heavy atom. The van der Waals surface area contributed by atoms with E-state index in [1.165, 1.54) is 212 Å². The molecule has 0 aliphatic heterocycles. The van der Waals surface area contributed by atoms with Crippen LogP contribution < -0.4 is 0 Å². The molecule has 0 saturated heterocycles. The zero-order valence-corrected chi connectivity index (χ0v) is 93.2. The number of carbonyl (C=O) groups excluding carboxylic acids is 7. The van der Waals surface area contributed by atoms with Gasteiger partial charge in [0.05, 0.1) is 39.9 Å². The molecule has 22 fully saturated rings. The van der Waals surface area contributed by atoms with Crippen LogP contribution in [0.3, 0.4) is 0 Å². The van der Waals surface area contributed by atoms with Crippen LogP contribution >= 0.6 is 0 Å². The van der Waals surface area contributed by atoms with Crippen molar-refractivity contribution in [2.75, 3.05) is 0 Å². The minimum atomic E-state index is -0.343. The van der Waals surface area contributed by atoms with E-state index in [0.717, 1.165) is 245 Å². The maximum Gasteiger partial charge on any atom is 0.312 e. The van der Waals surface area contributed by atoms with Crippen LogP contribution in [0.15, 0.2) is 0 Å². The van der Waals surface area contributed by atoms with E-state index in [0.29, 0.717) is 41.4 Å². The Kier molecular flexibility index (Phi) is 33.2. The van der Waals surface area contributed by atoms with Gasteiger partial charge in [-0.05, 0) is 468 Å². The average molecular weight is 1930 g/mol. The lowest BCUT2D eigenvalue weighted by molar-refractivity contribution is -0.185. The Labute approximate surface area is 847 Å². The van der Waals surface area contributed by atoms with Crippen LogP contribution in [0.1, 0.15) is 487 Å². The van der Waals surface area contributed by atoms with Crippen molar-refractivity contribution < 1.29 is 66.7 Å². The molecule has 0 spiro atoms. The van der Waals surface area contributed by atoms with Crippen LogP contribution in [-0.4, -0.2) is 81.0 Å². The second-order valence-electron chi connectivity index (χ2n) is 55.5. The first-order valence-corrected chi connectivity index (χ1v) is 60.7. The van der Waals surface area contributed by atoms with Crippen molar-refractivity contribution in [2.45, 2.75) is 526 Å². The predicted octanol–water partition coefficient (Wildman–Crippen LogP) is 31.1. The largest absolute Gasteiger partial charge is 0.459 e. The van der Waals surface area contributed by atoms with Crippen molar-refractivity contribution in [3.8, 4) is 0 Å². The van der Waals surface area contributed by atoms with Crippen molar-refractivity contribution in [2.24, 2.45) is 217 Å². The molecule has 0 aromatic heterocycles. The van der Waals surface area contributed by atoms with E-state index in [1.807, 2.05) is 69.2 Å². The van der Waals surface area contributed by atoms with Crippen LogP contribution in [0.5, 0.6) is 0 Å². The quantitative estimate of drug-likeness (QED) is 0.0478. The van der Waals surface area contributed by atoms with Gasteiger partial charge in [-0.25, -0.2) is 0 Å². The smallest absolute Gasteiger partial charge is 0.312 e. The lowest BCUT2D eigenvalue weighted by Gasteiger charge is -2.48. The van der Waals surface area contributed by atoms with Crippen molar-refractivity contribution in [3.63, 3.8) is 0 Å². The molecule has 139 heavy (non-hydrogen) atoms. The Balaban J connectivity index is 0.000000117. The van der Waals surface area contributed by atoms with E-state index in [2.05, 4.69) is 96.9 Å². The molecule has 41 atom stereocenters. The first-order chi connectivity index (χ1) is 66.0. The molecular formula is C125H206O14. The van der Waals surface area contributed by atoms with E-state index in [1.54, 1.807) is 0 Å². The summed E-state index contributed by atoms with van der Waals surface area (Å²) in [5.41, 5.74) is -1.98. The highest BCUT2D eigenvalue weighted by atomic mass is 16.6.